The molecule has 0 saturated carbocycles. The number of aromatic nitrogens is 1. The highest BCUT2D eigenvalue weighted by Gasteiger charge is 2.49. The molecule has 1 aromatic heterocycles. The lowest BCUT2D eigenvalue weighted by atomic mass is 9.72. The molecule has 4 rings (SSSR count). The first-order valence-corrected chi connectivity index (χ1v) is 10.3. The fourth-order valence-corrected chi connectivity index (χ4v) is 5.35. The Morgan fingerprint density at radius 2 is 2.15 bits per heavy atom. The van der Waals surface area contributed by atoms with Crippen LogP contribution in [0.5, 0.6) is 0 Å². The summed E-state index contributed by atoms with van der Waals surface area (Å²) in [6.07, 6.45) is 5.54. The monoisotopic (exact) mass is 390 g/mol. The van der Waals surface area contributed by atoms with Crippen LogP contribution in [0, 0.1) is 11.8 Å². The van der Waals surface area contributed by atoms with Crippen molar-refractivity contribution in [1.29, 1.82) is 0 Å². The van der Waals surface area contributed by atoms with Gasteiger partial charge in [0.2, 0.25) is 11.8 Å². The lowest BCUT2D eigenvalue weighted by molar-refractivity contribution is -0.153. The number of fused-ring (bicyclic) bond motifs is 4. The van der Waals surface area contributed by atoms with E-state index in [0.717, 1.165) is 44.6 Å². The molecule has 0 radical (unpaired) electrons. The maximum Gasteiger partial charge on any atom is 0.223 e. The highest BCUT2D eigenvalue weighted by atomic mass is 35.5. The maximum atomic E-state index is 12.7. The summed E-state index contributed by atoms with van der Waals surface area (Å²) in [6.45, 7) is 4.84. The summed E-state index contributed by atoms with van der Waals surface area (Å²) in [7, 11) is 0. The van der Waals surface area contributed by atoms with Crippen molar-refractivity contribution >= 4 is 23.4 Å². The maximum absolute atomic E-state index is 12.7. The molecule has 0 aromatic carbocycles. The number of hydrogen-bond acceptors (Lipinski definition) is 4. The average Bonchev–Trinajstić information content (AvgIpc) is 2.64. The molecule has 1 aromatic rings. The zero-order chi connectivity index (χ0) is 19.0. The Hall–Kier alpha value is -1.66. The van der Waals surface area contributed by atoms with E-state index in [1.165, 1.54) is 0 Å². The minimum absolute atomic E-state index is 0.0313. The number of nitrogens with zero attached hydrogens (tertiary/aromatic N) is 3. The average molecular weight is 391 g/mol. The first-order chi connectivity index (χ1) is 13.0. The molecule has 3 fully saturated rings. The summed E-state index contributed by atoms with van der Waals surface area (Å²) < 4.78 is 0. The van der Waals surface area contributed by atoms with Crippen LogP contribution < -0.4 is 5.32 Å². The Kier molecular flexibility index (Phi) is 5.37. The van der Waals surface area contributed by atoms with E-state index in [4.69, 9.17) is 11.6 Å². The van der Waals surface area contributed by atoms with Crippen molar-refractivity contribution in [3.63, 3.8) is 0 Å². The van der Waals surface area contributed by atoms with Gasteiger partial charge >= 0.3 is 0 Å². The second kappa shape index (κ2) is 7.76. The smallest absolute Gasteiger partial charge is 0.223 e. The summed E-state index contributed by atoms with van der Waals surface area (Å²) >= 11 is 5.95. The lowest BCUT2D eigenvalue weighted by Gasteiger charge is -2.56. The van der Waals surface area contributed by atoms with Crippen LogP contribution in [0.25, 0.3) is 0 Å². The van der Waals surface area contributed by atoms with Gasteiger partial charge in [-0.3, -0.25) is 19.5 Å². The van der Waals surface area contributed by atoms with Crippen LogP contribution >= 0.6 is 11.6 Å². The molecule has 6 nitrogen and oxygen atoms in total. The number of rotatable bonds is 4. The number of carbonyl (C=O) groups excluding carboxylic acids is 2. The fourth-order valence-electron chi connectivity index (χ4n) is 5.24. The second-order valence-corrected chi connectivity index (χ2v) is 8.62. The van der Waals surface area contributed by atoms with Crippen LogP contribution in [0.2, 0.25) is 5.02 Å². The van der Waals surface area contributed by atoms with Crippen molar-refractivity contribution in [2.75, 3.05) is 19.6 Å². The SMILES string of the molecule is CC(=O)NC[C@H]1[C@H]2C[C@H](CN(Cc3ccc(Cl)cn3)C2)[C@@H]2CCCC(=O)N21. The Labute approximate surface area is 165 Å². The number of piperidine rings is 3. The first kappa shape index (κ1) is 18.7. The van der Waals surface area contributed by atoms with Crippen LogP contribution in [0.4, 0.5) is 0 Å². The van der Waals surface area contributed by atoms with Crippen LogP contribution in [0.3, 0.4) is 0 Å². The Bertz CT molecular complexity index is 710. The van der Waals surface area contributed by atoms with Crippen LogP contribution in [0.15, 0.2) is 18.3 Å². The molecule has 27 heavy (non-hydrogen) atoms. The van der Waals surface area contributed by atoms with Gasteiger partial charge < -0.3 is 10.2 Å². The van der Waals surface area contributed by atoms with E-state index in [9.17, 15) is 9.59 Å². The van der Waals surface area contributed by atoms with Gasteiger partial charge in [-0.25, -0.2) is 0 Å². The molecule has 2 amide bonds. The normalized spacial score (nSPS) is 30.7. The van der Waals surface area contributed by atoms with Gasteiger partial charge in [-0.15, -0.1) is 0 Å². The molecule has 4 heterocycles. The number of amides is 2. The topological polar surface area (TPSA) is 65.5 Å². The van der Waals surface area contributed by atoms with Crippen LogP contribution in [0.1, 0.15) is 38.3 Å². The molecule has 3 aliphatic rings. The number of pyridine rings is 1. The quantitative estimate of drug-likeness (QED) is 0.854. The standard InChI is InChI=1S/C20H27ClN4O2/c1-13(26)22-9-19-15-7-14(18-3-2-4-20(27)25(18)19)10-24(11-15)12-17-6-5-16(21)8-23-17/h5-6,8,14-15,18-19H,2-4,7,9-12H2,1H3,(H,22,26)/t14-,15+,18+,19+/m1/s1. The highest BCUT2D eigenvalue weighted by Crippen LogP contribution is 2.41. The Morgan fingerprint density at radius 3 is 2.89 bits per heavy atom. The molecule has 0 unspecified atom stereocenters. The molecule has 0 spiro atoms. The number of halogens is 1. The molecular weight excluding hydrogens is 364 g/mol. The second-order valence-electron chi connectivity index (χ2n) is 8.18. The van der Waals surface area contributed by atoms with Crippen molar-refractivity contribution in [1.82, 2.24) is 20.1 Å². The van der Waals surface area contributed by atoms with Gasteiger partial charge in [-0.05, 0) is 43.2 Å². The summed E-state index contributed by atoms with van der Waals surface area (Å²) in [6, 6.07) is 4.28. The number of hydrogen-bond donors (Lipinski definition) is 1. The van der Waals surface area contributed by atoms with Crippen molar-refractivity contribution in [3.05, 3.63) is 29.0 Å². The lowest BCUT2D eigenvalue weighted by Crippen LogP contribution is -2.66. The fraction of sp³-hybridized carbons (Fsp3) is 0.650. The van der Waals surface area contributed by atoms with E-state index in [-0.39, 0.29) is 17.9 Å². The molecule has 3 saturated heterocycles. The van der Waals surface area contributed by atoms with E-state index >= 15 is 0 Å². The number of carbonyl (C=O) groups is 2. The summed E-state index contributed by atoms with van der Waals surface area (Å²) in [5.41, 5.74) is 1.02. The van der Waals surface area contributed by atoms with Crippen molar-refractivity contribution in [3.8, 4) is 0 Å². The Morgan fingerprint density at radius 1 is 1.33 bits per heavy atom. The van der Waals surface area contributed by atoms with E-state index in [1.54, 1.807) is 13.1 Å². The van der Waals surface area contributed by atoms with Gasteiger partial charge in [0.05, 0.1) is 16.8 Å². The van der Waals surface area contributed by atoms with Crippen molar-refractivity contribution < 1.29 is 9.59 Å². The van der Waals surface area contributed by atoms with Gasteiger partial charge in [0.15, 0.2) is 0 Å². The molecule has 146 valence electrons. The first-order valence-electron chi connectivity index (χ1n) is 9.89. The summed E-state index contributed by atoms with van der Waals surface area (Å²) in [4.78, 5) is 33.2. The van der Waals surface area contributed by atoms with E-state index in [0.29, 0.717) is 35.9 Å². The molecule has 1 N–H and O–H groups in total. The highest BCUT2D eigenvalue weighted by molar-refractivity contribution is 6.30. The number of nitrogens with one attached hydrogen (secondary N) is 1. The molecule has 0 aliphatic carbocycles. The molecule has 2 bridgehead atoms. The van der Waals surface area contributed by atoms with Crippen LogP contribution in [-0.4, -0.2) is 58.3 Å². The minimum Gasteiger partial charge on any atom is -0.354 e. The summed E-state index contributed by atoms with van der Waals surface area (Å²) in [5, 5.41) is 3.62. The van der Waals surface area contributed by atoms with E-state index in [1.807, 2.05) is 12.1 Å². The zero-order valence-electron chi connectivity index (χ0n) is 15.7. The van der Waals surface area contributed by atoms with E-state index in [2.05, 4.69) is 20.1 Å². The van der Waals surface area contributed by atoms with Crippen molar-refractivity contribution in [2.45, 2.75) is 51.2 Å². The molecule has 7 heteroatoms. The largest absolute Gasteiger partial charge is 0.354 e. The van der Waals surface area contributed by atoms with Gasteiger partial charge in [0, 0.05) is 51.8 Å². The summed E-state index contributed by atoms with van der Waals surface area (Å²) in [5.74, 6) is 1.13. The minimum atomic E-state index is -0.0313. The zero-order valence-corrected chi connectivity index (χ0v) is 16.5. The molecular formula is C20H27ClN4O2. The predicted octanol–water partition coefficient (Wildman–Crippen LogP) is 2.07. The van der Waals surface area contributed by atoms with Crippen LogP contribution in [-0.2, 0) is 16.1 Å². The van der Waals surface area contributed by atoms with Gasteiger partial charge in [0.1, 0.15) is 0 Å². The third-order valence-corrected chi connectivity index (χ3v) is 6.53. The third-order valence-electron chi connectivity index (χ3n) is 6.31. The number of likely N-dealkylation sites (tertiary alicyclic amines) is 1. The van der Waals surface area contributed by atoms with Gasteiger partial charge in [-0.1, -0.05) is 11.6 Å². The molecule has 4 atom stereocenters. The van der Waals surface area contributed by atoms with E-state index < -0.39 is 0 Å². The predicted molar refractivity (Wildman–Crippen MR) is 103 cm³/mol. The van der Waals surface area contributed by atoms with Gasteiger partial charge in [-0.2, -0.15) is 0 Å². The Balaban J connectivity index is 1.53. The third kappa shape index (κ3) is 3.97. The van der Waals surface area contributed by atoms with Crippen molar-refractivity contribution in [2.24, 2.45) is 11.8 Å². The van der Waals surface area contributed by atoms with Gasteiger partial charge in [0.25, 0.3) is 0 Å². The molecule has 3 aliphatic heterocycles.